The fourth-order valence-corrected chi connectivity index (χ4v) is 3.38. The van der Waals surface area contributed by atoms with Gasteiger partial charge in [-0.15, -0.1) is 0 Å². The Hall–Kier alpha value is -1.31. The molecule has 2 aliphatic carbocycles. The third-order valence-electron chi connectivity index (χ3n) is 4.47. The fraction of sp³-hybridized carbons (Fsp3) is 0.150. The highest BCUT2D eigenvalue weighted by atomic mass is 16.2. The maximum Gasteiger partial charge on any atom is 0.228 e. The minimum Gasteiger partial charge on any atom is -0.334 e. The molecule has 0 bridgehead atoms. The number of β-lactam (4-membered cyclic amide) rings is 1. The van der Waals surface area contributed by atoms with E-state index in [1.165, 1.54) is 11.5 Å². The first kappa shape index (κ1) is 14.3. The molecule has 2 atom stereocenters. The van der Waals surface area contributed by atoms with E-state index in [1.54, 1.807) is 0 Å². The summed E-state index contributed by atoms with van der Waals surface area (Å²) < 4.78 is 0. The molecule has 2 saturated carbocycles. The van der Waals surface area contributed by atoms with Crippen molar-refractivity contribution in [1.29, 1.82) is 0 Å². The van der Waals surface area contributed by atoms with Gasteiger partial charge in [0.15, 0.2) is 0 Å². The second-order valence-electron chi connectivity index (χ2n) is 5.81. The summed E-state index contributed by atoms with van der Waals surface area (Å²) in [7, 11) is 0. The Bertz CT molecular complexity index is 514. The molecule has 0 spiro atoms. The number of rotatable bonds is 4. The molecule has 10 radical (unpaired) electrons. The molecule has 1 aliphatic heterocycles. The zero-order chi connectivity index (χ0) is 14.9. The Morgan fingerprint density at radius 1 is 0.818 bits per heavy atom. The lowest BCUT2D eigenvalue weighted by Gasteiger charge is -2.52. The third kappa shape index (κ3) is 2.47. The largest absolute Gasteiger partial charge is 0.334 e. The van der Waals surface area contributed by atoms with Gasteiger partial charge in [0.1, 0.15) is 0 Å². The van der Waals surface area contributed by atoms with Crippen LogP contribution in [0.15, 0.2) is 30.3 Å². The topological polar surface area (TPSA) is 20.3 Å². The Kier molecular flexibility index (Phi) is 3.94. The maximum atomic E-state index is 12.7. The molecular weight excluding hydrogens is 270 g/mol. The Morgan fingerprint density at radius 2 is 1.41 bits per heavy atom. The predicted molar refractivity (Wildman–Crippen MR) is 85.2 cm³/mol. The van der Waals surface area contributed by atoms with Gasteiger partial charge in [-0.3, -0.25) is 4.79 Å². The highest BCUT2D eigenvalue weighted by molar-refractivity contribution is 5.91. The molecule has 1 amide bonds. The average Bonchev–Trinajstić information content (AvgIpc) is 3.24. The maximum absolute atomic E-state index is 12.7. The molecule has 1 aromatic rings. The van der Waals surface area contributed by atoms with E-state index in [1.807, 2.05) is 48.8 Å². The fourth-order valence-electron chi connectivity index (χ4n) is 3.38. The zero-order valence-electron chi connectivity index (χ0n) is 12.2. The van der Waals surface area contributed by atoms with Crippen LogP contribution in [-0.2, 0) is 11.3 Å². The number of hydrogen-bond donors (Lipinski definition) is 0. The first-order valence-electron chi connectivity index (χ1n) is 7.62. The molecule has 3 aliphatic rings. The summed E-state index contributed by atoms with van der Waals surface area (Å²) in [6.07, 6.45) is 16.4. The molecule has 2 heteroatoms. The van der Waals surface area contributed by atoms with E-state index < -0.39 is 0 Å². The molecule has 1 heterocycles. The van der Waals surface area contributed by atoms with Crippen molar-refractivity contribution >= 4 is 5.91 Å². The highest BCUT2D eigenvalue weighted by Crippen LogP contribution is 2.48. The summed E-state index contributed by atoms with van der Waals surface area (Å²) in [6, 6.07) is 10.3. The van der Waals surface area contributed by atoms with Gasteiger partial charge in [-0.05, 0) is 62.8 Å². The van der Waals surface area contributed by atoms with Crippen molar-refractivity contribution < 1.29 is 4.79 Å². The summed E-state index contributed by atoms with van der Waals surface area (Å²) >= 11 is 0. The van der Waals surface area contributed by atoms with Crippen molar-refractivity contribution in [3.8, 4) is 0 Å². The van der Waals surface area contributed by atoms with Crippen molar-refractivity contribution in [2.45, 2.75) is 12.6 Å². The van der Waals surface area contributed by atoms with Crippen LogP contribution in [0.1, 0.15) is 5.56 Å². The SMILES string of the molecule is O=C1[C@H]([C]2[CH][CH][CH][CH]2)[C@H]([C]2[CH][CH][CH][CH]2)N1Cc1ccccc1. The Morgan fingerprint density at radius 3 is 2.05 bits per heavy atom. The van der Waals surface area contributed by atoms with Crippen LogP contribution in [0.5, 0.6) is 0 Å². The molecule has 22 heavy (non-hydrogen) atoms. The van der Waals surface area contributed by atoms with Crippen LogP contribution in [0, 0.1) is 69.1 Å². The monoisotopic (exact) mass is 287 g/mol. The molecule has 0 aromatic heterocycles. The van der Waals surface area contributed by atoms with E-state index in [0.717, 1.165) is 5.92 Å². The van der Waals surface area contributed by atoms with Gasteiger partial charge >= 0.3 is 0 Å². The van der Waals surface area contributed by atoms with Gasteiger partial charge in [-0.1, -0.05) is 30.3 Å². The molecule has 0 N–H and O–H groups in total. The van der Waals surface area contributed by atoms with Gasteiger partial charge < -0.3 is 4.90 Å². The van der Waals surface area contributed by atoms with E-state index in [4.69, 9.17) is 0 Å². The first-order chi connectivity index (χ1) is 10.8. The molecule has 1 aromatic carbocycles. The van der Waals surface area contributed by atoms with Crippen LogP contribution >= 0.6 is 0 Å². The molecule has 3 fully saturated rings. The smallest absolute Gasteiger partial charge is 0.228 e. The Balaban J connectivity index is 1.53. The summed E-state index contributed by atoms with van der Waals surface area (Å²) in [5.41, 5.74) is 1.17. The van der Waals surface area contributed by atoms with Crippen molar-refractivity contribution in [2.24, 2.45) is 5.92 Å². The lowest BCUT2D eigenvalue weighted by molar-refractivity contribution is -0.154. The number of hydrogen-bond acceptors (Lipinski definition) is 1. The number of amides is 1. The van der Waals surface area contributed by atoms with Crippen LogP contribution in [0.3, 0.4) is 0 Å². The second-order valence-corrected chi connectivity index (χ2v) is 5.81. The lowest BCUT2D eigenvalue weighted by atomic mass is 9.70. The number of benzene rings is 1. The third-order valence-corrected chi connectivity index (χ3v) is 4.47. The average molecular weight is 287 g/mol. The number of carbonyl (C=O) groups is 1. The summed E-state index contributed by atoms with van der Waals surface area (Å²) in [5, 5.41) is 0. The standard InChI is InChI=1S/C20H17NO/c22-20-18(16-10-4-5-11-16)19(17-12-6-7-13-17)21(20)14-15-8-2-1-3-9-15/h1-13,18-19H,14H2/t18-,19+/m1/s1. The van der Waals surface area contributed by atoms with Crippen LogP contribution in [0.25, 0.3) is 0 Å². The quantitative estimate of drug-likeness (QED) is 0.780. The number of nitrogens with zero attached hydrogens (tertiary/aromatic N) is 1. The van der Waals surface area contributed by atoms with E-state index in [-0.39, 0.29) is 17.9 Å². The summed E-state index contributed by atoms with van der Waals surface area (Å²) in [4.78, 5) is 14.7. The summed E-state index contributed by atoms with van der Waals surface area (Å²) in [5.74, 6) is 2.53. The van der Waals surface area contributed by atoms with Crippen LogP contribution in [0.2, 0.25) is 0 Å². The molecule has 1 saturated heterocycles. The van der Waals surface area contributed by atoms with Gasteiger partial charge in [0, 0.05) is 12.5 Å². The van der Waals surface area contributed by atoms with Crippen molar-refractivity contribution in [3.63, 3.8) is 0 Å². The van der Waals surface area contributed by atoms with Crippen molar-refractivity contribution in [1.82, 2.24) is 4.90 Å². The van der Waals surface area contributed by atoms with Gasteiger partial charge in [0.2, 0.25) is 5.91 Å². The van der Waals surface area contributed by atoms with Crippen LogP contribution < -0.4 is 0 Å². The molecule has 2 nitrogen and oxygen atoms in total. The number of likely N-dealkylation sites (tertiary alicyclic amines) is 1. The number of carbonyl (C=O) groups excluding carboxylic acids is 1. The van der Waals surface area contributed by atoms with Gasteiger partial charge in [0.25, 0.3) is 0 Å². The molecule has 108 valence electrons. The van der Waals surface area contributed by atoms with E-state index in [9.17, 15) is 4.79 Å². The lowest BCUT2D eigenvalue weighted by Crippen LogP contribution is -2.64. The highest BCUT2D eigenvalue weighted by Gasteiger charge is 2.54. The van der Waals surface area contributed by atoms with Gasteiger partial charge in [-0.25, -0.2) is 0 Å². The normalized spacial score (nSPS) is 30.0. The van der Waals surface area contributed by atoms with E-state index in [2.05, 4.69) is 37.8 Å². The Labute approximate surface area is 133 Å². The minimum absolute atomic E-state index is 0.0406. The summed E-state index contributed by atoms with van der Waals surface area (Å²) in [6.45, 7) is 0.673. The predicted octanol–water partition coefficient (Wildman–Crippen LogP) is 2.82. The van der Waals surface area contributed by atoms with Crippen LogP contribution in [0.4, 0.5) is 0 Å². The van der Waals surface area contributed by atoms with E-state index in [0.29, 0.717) is 6.54 Å². The van der Waals surface area contributed by atoms with Crippen LogP contribution in [-0.4, -0.2) is 16.8 Å². The second kappa shape index (κ2) is 6.06. The van der Waals surface area contributed by atoms with Crippen molar-refractivity contribution in [3.05, 3.63) is 99.1 Å². The van der Waals surface area contributed by atoms with E-state index >= 15 is 0 Å². The van der Waals surface area contributed by atoms with Crippen molar-refractivity contribution in [2.75, 3.05) is 0 Å². The molecular formula is C20H17NO. The minimum atomic E-state index is -0.0406. The molecule has 0 unspecified atom stereocenters. The van der Waals surface area contributed by atoms with Gasteiger partial charge in [-0.2, -0.15) is 0 Å². The molecule has 4 rings (SSSR count). The van der Waals surface area contributed by atoms with Gasteiger partial charge in [0.05, 0.1) is 12.0 Å². The zero-order valence-corrected chi connectivity index (χ0v) is 12.2. The first-order valence-corrected chi connectivity index (χ1v) is 7.62.